The molecule has 1 atom stereocenters. The number of esters is 1. The van der Waals surface area contributed by atoms with Crippen molar-refractivity contribution in [2.24, 2.45) is 0 Å². The number of methoxy groups -OCH3 is 1. The Bertz CT molecular complexity index is 472. The van der Waals surface area contributed by atoms with Gasteiger partial charge in [-0.05, 0) is 23.1 Å². The Balaban J connectivity index is 3.02. The number of aryl methyl sites for hydroxylation is 1. The second-order valence-corrected chi connectivity index (χ2v) is 4.50. The van der Waals surface area contributed by atoms with E-state index < -0.39 is 12.1 Å². The first-order valence-electron chi connectivity index (χ1n) is 5.65. The van der Waals surface area contributed by atoms with Gasteiger partial charge in [-0.15, -0.1) is 0 Å². The van der Waals surface area contributed by atoms with Crippen LogP contribution in [-0.4, -0.2) is 29.3 Å². The fourth-order valence-corrected chi connectivity index (χ4v) is 2.46. The van der Waals surface area contributed by atoms with Gasteiger partial charge in [0.05, 0.1) is 7.11 Å². The molecular formula is C13H15BrO5. The summed E-state index contributed by atoms with van der Waals surface area (Å²) in [5.74, 6) is -1.63. The van der Waals surface area contributed by atoms with Crippen LogP contribution in [-0.2, 0) is 26.1 Å². The lowest BCUT2D eigenvalue weighted by Gasteiger charge is -2.14. The molecule has 2 N–H and O–H groups in total. The van der Waals surface area contributed by atoms with Crippen LogP contribution in [0.25, 0.3) is 0 Å². The Morgan fingerprint density at radius 1 is 1.42 bits per heavy atom. The summed E-state index contributed by atoms with van der Waals surface area (Å²) >= 11 is 3.28. The number of aliphatic carboxylic acids is 1. The fraction of sp³-hybridized carbons (Fsp3) is 0.385. The highest BCUT2D eigenvalue weighted by molar-refractivity contribution is 9.08. The summed E-state index contributed by atoms with van der Waals surface area (Å²) in [6.45, 7) is 0. The Morgan fingerprint density at radius 2 is 2.11 bits per heavy atom. The van der Waals surface area contributed by atoms with E-state index in [4.69, 9.17) is 5.11 Å². The third-order valence-corrected chi connectivity index (χ3v) is 3.36. The molecule has 1 aromatic rings. The van der Waals surface area contributed by atoms with Crippen molar-refractivity contribution >= 4 is 27.9 Å². The number of halogens is 1. The van der Waals surface area contributed by atoms with Crippen LogP contribution >= 0.6 is 15.9 Å². The molecule has 0 amide bonds. The van der Waals surface area contributed by atoms with Gasteiger partial charge in [0.25, 0.3) is 0 Å². The van der Waals surface area contributed by atoms with Crippen molar-refractivity contribution in [3.05, 3.63) is 34.9 Å². The number of rotatable bonds is 6. The number of carboxylic acids is 1. The average Bonchev–Trinajstić information content (AvgIpc) is 2.42. The van der Waals surface area contributed by atoms with Crippen LogP contribution in [0.15, 0.2) is 18.2 Å². The zero-order valence-electron chi connectivity index (χ0n) is 10.4. The molecule has 5 nitrogen and oxygen atoms in total. The minimum Gasteiger partial charge on any atom is -0.479 e. The number of hydrogen-bond acceptors (Lipinski definition) is 4. The van der Waals surface area contributed by atoms with Gasteiger partial charge in [-0.25, -0.2) is 4.79 Å². The highest BCUT2D eigenvalue weighted by Crippen LogP contribution is 2.25. The number of hydrogen-bond donors (Lipinski definition) is 2. The van der Waals surface area contributed by atoms with Crippen molar-refractivity contribution in [3.63, 3.8) is 0 Å². The summed E-state index contributed by atoms with van der Waals surface area (Å²) in [5, 5.41) is 18.9. The predicted octanol–water partition coefficient (Wildman–Crippen LogP) is 1.81. The van der Waals surface area contributed by atoms with Crippen LogP contribution < -0.4 is 0 Å². The van der Waals surface area contributed by atoms with E-state index in [-0.39, 0.29) is 12.4 Å². The van der Waals surface area contributed by atoms with Crippen molar-refractivity contribution in [2.75, 3.05) is 7.11 Å². The van der Waals surface area contributed by atoms with Gasteiger partial charge in [0.15, 0.2) is 6.10 Å². The first kappa shape index (κ1) is 15.7. The fourth-order valence-electron chi connectivity index (χ4n) is 1.78. The average molecular weight is 331 g/mol. The van der Waals surface area contributed by atoms with Crippen molar-refractivity contribution < 1.29 is 24.5 Å². The van der Waals surface area contributed by atoms with Crippen molar-refractivity contribution in [1.29, 1.82) is 0 Å². The van der Waals surface area contributed by atoms with Gasteiger partial charge in [0.1, 0.15) is 0 Å². The number of alkyl halides is 1. The number of aliphatic hydroxyl groups excluding tert-OH is 1. The van der Waals surface area contributed by atoms with Crippen molar-refractivity contribution in [3.8, 4) is 0 Å². The van der Waals surface area contributed by atoms with E-state index in [1.807, 2.05) is 0 Å². The first-order chi connectivity index (χ1) is 9.01. The lowest BCUT2D eigenvalue weighted by molar-refractivity contribution is -0.147. The minimum absolute atomic E-state index is 0.211. The molecule has 1 aromatic carbocycles. The molecule has 6 heteroatoms. The smallest absolute Gasteiger partial charge is 0.337 e. The molecule has 104 valence electrons. The molecule has 19 heavy (non-hydrogen) atoms. The number of benzene rings is 1. The Morgan fingerprint density at radius 3 is 2.63 bits per heavy atom. The lowest BCUT2D eigenvalue weighted by atomic mass is 9.96. The van der Waals surface area contributed by atoms with E-state index in [1.54, 1.807) is 18.2 Å². The van der Waals surface area contributed by atoms with E-state index in [1.165, 1.54) is 7.11 Å². The van der Waals surface area contributed by atoms with Gasteiger partial charge in [-0.3, -0.25) is 4.79 Å². The molecule has 0 saturated heterocycles. The number of carbonyl (C=O) groups excluding carboxylic acids is 1. The quantitative estimate of drug-likeness (QED) is 0.613. The molecule has 0 saturated carbocycles. The largest absolute Gasteiger partial charge is 0.479 e. The van der Waals surface area contributed by atoms with E-state index in [9.17, 15) is 14.7 Å². The summed E-state index contributed by atoms with van der Waals surface area (Å²) in [5.41, 5.74) is 1.85. The highest BCUT2D eigenvalue weighted by Gasteiger charge is 2.20. The van der Waals surface area contributed by atoms with Gasteiger partial charge in [0, 0.05) is 11.8 Å². The predicted molar refractivity (Wildman–Crippen MR) is 72.0 cm³/mol. The summed E-state index contributed by atoms with van der Waals surface area (Å²) in [4.78, 5) is 22.0. The topological polar surface area (TPSA) is 83.8 Å². The van der Waals surface area contributed by atoms with Crippen LogP contribution in [0.1, 0.15) is 29.2 Å². The monoisotopic (exact) mass is 330 g/mol. The van der Waals surface area contributed by atoms with Gasteiger partial charge in [-0.2, -0.15) is 0 Å². The van der Waals surface area contributed by atoms with E-state index in [2.05, 4.69) is 20.7 Å². The van der Waals surface area contributed by atoms with Crippen LogP contribution in [0.3, 0.4) is 0 Å². The van der Waals surface area contributed by atoms with E-state index >= 15 is 0 Å². The molecule has 0 aliphatic rings. The number of aliphatic hydroxyl groups is 1. The van der Waals surface area contributed by atoms with Gasteiger partial charge < -0.3 is 14.9 Å². The molecule has 0 heterocycles. The van der Waals surface area contributed by atoms with Crippen LogP contribution in [0.2, 0.25) is 0 Å². The summed E-state index contributed by atoms with van der Waals surface area (Å²) in [6, 6.07) is 5.04. The highest BCUT2D eigenvalue weighted by atomic mass is 79.9. The van der Waals surface area contributed by atoms with Crippen LogP contribution in [0.5, 0.6) is 0 Å². The second-order valence-electron chi connectivity index (χ2n) is 3.94. The Hall–Kier alpha value is -1.40. The molecule has 0 spiro atoms. The van der Waals surface area contributed by atoms with Crippen LogP contribution in [0, 0.1) is 0 Å². The van der Waals surface area contributed by atoms with E-state index in [0.29, 0.717) is 22.9 Å². The van der Waals surface area contributed by atoms with Gasteiger partial charge >= 0.3 is 11.9 Å². The normalized spacial score (nSPS) is 11.9. The molecule has 0 radical (unpaired) electrons. The summed E-state index contributed by atoms with van der Waals surface area (Å²) < 4.78 is 4.57. The van der Waals surface area contributed by atoms with Gasteiger partial charge in [-0.1, -0.05) is 34.1 Å². The number of ether oxygens (including phenoxy) is 1. The first-order valence-corrected chi connectivity index (χ1v) is 6.77. The van der Waals surface area contributed by atoms with Crippen molar-refractivity contribution in [1.82, 2.24) is 0 Å². The maximum atomic E-state index is 11.1. The maximum absolute atomic E-state index is 11.1. The molecule has 0 aromatic heterocycles. The van der Waals surface area contributed by atoms with Crippen LogP contribution in [0.4, 0.5) is 0 Å². The minimum atomic E-state index is -1.56. The second kappa shape index (κ2) is 7.25. The Labute approximate surface area is 119 Å². The molecule has 0 aliphatic heterocycles. The third kappa shape index (κ3) is 4.04. The lowest BCUT2D eigenvalue weighted by Crippen LogP contribution is -2.14. The molecule has 0 bridgehead atoms. The molecule has 0 fully saturated rings. The maximum Gasteiger partial charge on any atom is 0.337 e. The third-order valence-electron chi connectivity index (χ3n) is 2.80. The summed E-state index contributed by atoms with van der Waals surface area (Å²) in [6.07, 6.45) is -0.915. The summed E-state index contributed by atoms with van der Waals surface area (Å²) in [7, 11) is 1.32. The SMILES string of the molecule is COC(=O)CCc1cccc(C(O)C(=O)O)c1CBr. The standard InChI is InChI=1S/C13H15BrO5/c1-19-11(15)6-5-8-3-2-4-9(10(8)7-14)12(16)13(17)18/h2-4,12,16H,5-7H2,1H3,(H,17,18). The zero-order chi connectivity index (χ0) is 14.4. The van der Waals surface area contributed by atoms with E-state index in [0.717, 1.165) is 5.56 Å². The molecule has 1 rings (SSSR count). The zero-order valence-corrected chi connectivity index (χ0v) is 12.0. The molecule has 0 aliphatic carbocycles. The molecule has 1 unspecified atom stereocenters. The Kier molecular flexibility index (Phi) is 5.98. The number of carbonyl (C=O) groups is 2. The van der Waals surface area contributed by atoms with Crippen molar-refractivity contribution in [2.45, 2.75) is 24.3 Å². The number of carboxylic acid groups (broad SMARTS) is 1. The van der Waals surface area contributed by atoms with Gasteiger partial charge in [0.2, 0.25) is 0 Å². The molecular weight excluding hydrogens is 316 g/mol.